The minimum atomic E-state index is -0.482. The van der Waals surface area contributed by atoms with Crippen LogP contribution < -0.4 is 20.7 Å². The van der Waals surface area contributed by atoms with Crippen LogP contribution in [0.2, 0.25) is 0 Å². The standard InChI is InChI=1S/C41H33N3O4S/c1-28(39(45)42-32-22-24-35(25-23-32)48-34-18-6-3-7-19-34)49-36-20-11-17-33(27-36)43-41(47)38(44-40(46)30-13-4-2-5-14-30)26-31-16-10-15-29-12-8-9-21-37(29)31/h2-28H,1H3,(H,42,45)(H,43,47)(H,44,46)/b38-26+. The SMILES string of the molecule is CC(Sc1cccc(NC(=O)/C(=C\c2cccc3ccccc23)NC(=O)c2ccccc2)c1)C(=O)Nc1ccc(Oc2ccccc2)cc1. The molecule has 7 nitrogen and oxygen atoms in total. The summed E-state index contributed by atoms with van der Waals surface area (Å²) >= 11 is 1.37. The molecule has 1 unspecified atom stereocenters. The Labute approximate surface area is 289 Å². The van der Waals surface area contributed by atoms with Crippen molar-refractivity contribution < 1.29 is 19.1 Å². The summed E-state index contributed by atoms with van der Waals surface area (Å²) < 4.78 is 5.83. The van der Waals surface area contributed by atoms with E-state index in [2.05, 4.69) is 16.0 Å². The van der Waals surface area contributed by atoms with Gasteiger partial charge >= 0.3 is 0 Å². The zero-order valence-corrected chi connectivity index (χ0v) is 27.4. The summed E-state index contributed by atoms with van der Waals surface area (Å²) in [4.78, 5) is 40.7. The molecular weight excluding hydrogens is 631 g/mol. The predicted molar refractivity (Wildman–Crippen MR) is 198 cm³/mol. The van der Waals surface area contributed by atoms with Gasteiger partial charge in [-0.05, 0) is 96.1 Å². The Morgan fingerprint density at radius 1 is 0.653 bits per heavy atom. The Morgan fingerprint density at radius 2 is 1.31 bits per heavy atom. The number of amides is 3. The molecule has 0 aliphatic rings. The molecule has 242 valence electrons. The van der Waals surface area contributed by atoms with Crippen molar-refractivity contribution in [2.45, 2.75) is 17.1 Å². The molecule has 0 heterocycles. The number of nitrogens with one attached hydrogen (secondary N) is 3. The number of fused-ring (bicyclic) bond motifs is 1. The molecular formula is C41H33N3O4S. The Hall–Kier alpha value is -6.12. The second-order valence-electron chi connectivity index (χ2n) is 11.1. The van der Waals surface area contributed by atoms with Gasteiger partial charge < -0.3 is 20.7 Å². The normalized spacial score (nSPS) is 11.7. The quantitative estimate of drug-likeness (QED) is 0.0949. The van der Waals surface area contributed by atoms with E-state index in [1.165, 1.54) is 11.8 Å². The molecule has 6 rings (SSSR count). The van der Waals surface area contributed by atoms with E-state index in [1.54, 1.807) is 66.7 Å². The predicted octanol–water partition coefficient (Wildman–Crippen LogP) is 9.16. The zero-order chi connectivity index (χ0) is 34.0. The molecule has 3 amide bonds. The van der Waals surface area contributed by atoms with Crippen LogP contribution in [0.25, 0.3) is 16.8 Å². The summed E-state index contributed by atoms with van der Waals surface area (Å²) in [5.41, 5.74) is 2.49. The molecule has 0 saturated carbocycles. The van der Waals surface area contributed by atoms with Crippen LogP contribution in [-0.4, -0.2) is 23.0 Å². The van der Waals surface area contributed by atoms with Gasteiger partial charge in [0.25, 0.3) is 11.8 Å². The molecule has 6 aromatic carbocycles. The van der Waals surface area contributed by atoms with Crippen molar-refractivity contribution in [2.75, 3.05) is 10.6 Å². The van der Waals surface area contributed by atoms with Crippen LogP contribution in [0.15, 0.2) is 162 Å². The lowest BCUT2D eigenvalue weighted by Crippen LogP contribution is -2.30. The molecule has 1 atom stereocenters. The molecule has 0 radical (unpaired) electrons. The summed E-state index contributed by atoms with van der Waals surface area (Å²) in [6, 6.07) is 46.4. The summed E-state index contributed by atoms with van der Waals surface area (Å²) in [5.74, 6) is 0.353. The third kappa shape index (κ3) is 8.82. The molecule has 49 heavy (non-hydrogen) atoms. The molecule has 6 aromatic rings. The van der Waals surface area contributed by atoms with E-state index in [-0.39, 0.29) is 11.6 Å². The number of carbonyl (C=O) groups excluding carboxylic acids is 3. The first-order valence-corrected chi connectivity index (χ1v) is 16.6. The number of benzene rings is 6. The van der Waals surface area contributed by atoms with Crippen LogP contribution in [0.4, 0.5) is 11.4 Å². The van der Waals surface area contributed by atoms with Crippen molar-refractivity contribution in [1.82, 2.24) is 5.32 Å². The Morgan fingerprint density at radius 3 is 2.08 bits per heavy atom. The van der Waals surface area contributed by atoms with Crippen LogP contribution >= 0.6 is 11.8 Å². The van der Waals surface area contributed by atoms with Crippen molar-refractivity contribution in [3.05, 3.63) is 168 Å². The van der Waals surface area contributed by atoms with Crippen LogP contribution in [-0.2, 0) is 9.59 Å². The molecule has 0 fully saturated rings. The third-order valence-corrected chi connectivity index (χ3v) is 8.62. The van der Waals surface area contributed by atoms with Crippen LogP contribution in [0.5, 0.6) is 11.5 Å². The van der Waals surface area contributed by atoms with Gasteiger partial charge in [-0.25, -0.2) is 0 Å². The monoisotopic (exact) mass is 663 g/mol. The lowest BCUT2D eigenvalue weighted by Gasteiger charge is -2.14. The van der Waals surface area contributed by atoms with Gasteiger partial charge in [0.15, 0.2) is 0 Å². The second-order valence-corrected chi connectivity index (χ2v) is 12.5. The number of hydrogen-bond donors (Lipinski definition) is 3. The minimum absolute atomic E-state index is 0.0937. The molecule has 0 aliphatic heterocycles. The van der Waals surface area contributed by atoms with E-state index in [0.717, 1.165) is 27.0 Å². The average molecular weight is 664 g/mol. The maximum atomic E-state index is 13.7. The molecule has 8 heteroatoms. The topological polar surface area (TPSA) is 96.5 Å². The maximum Gasteiger partial charge on any atom is 0.272 e. The van der Waals surface area contributed by atoms with Crippen molar-refractivity contribution in [2.24, 2.45) is 0 Å². The number of hydrogen-bond acceptors (Lipinski definition) is 5. The van der Waals surface area contributed by atoms with E-state index in [1.807, 2.05) is 97.9 Å². The lowest BCUT2D eigenvalue weighted by atomic mass is 10.0. The first-order valence-electron chi connectivity index (χ1n) is 15.7. The molecule has 0 aliphatic carbocycles. The van der Waals surface area contributed by atoms with E-state index < -0.39 is 17.1 Å². The molecule has 0 saturated heterocycles. The first kappa shape index (κ1) is 32.8. The van der Waals surface area contributed by atoms with Crippen molar-refractivity contribution in [1.29, 1.82) is 0 Å². The summed E-state index contributed by atoms with van der Waals surface area (Å²) in [6.45, 7) is 1.82. The summed E-state index contributed by atoms with van der Waals surface area (Å²) in [7, 11) is 0. The van der Waals surface area contributed by atoms with E-state index in [9.17, 15) is 14.4 Å². The van der Waals surface area contributed by atoms with Crippen LogP contribution in [0.3, 0.4) is 0 Å². The molecule has 0 aromatic heterocycles. The van der Waals surface area contributed by atoms with Gasteiger partial charge in [0.05, 0.1) is 5.25 Å². The van der Waals surface area contributed by atoms with Gasteiger partial charge in [-0.15, -0.1) is 11.8 Å². The van der Waals surface area contributed by atoms with Gasteiger partial charge in [-0.1, -0.05) is 84.9 Å². The highest BCUT2D eigenvalue weighted by molar-refractivity contribution is 8.00. The van der Waals surface area contributed by atoms with Crippen molar-refractivity contribution in [3.63, 3.8) is 0 Å². The largest absolute Gasteiger partial charge is 0.457 e. The van der Waals surface area contributed by atoms with Gasteiger partial charge in [0, 0.05) is 21.8 Å². The highest BCUT2D eigenvalue weighted by Gasteiger charge is 2.18. The zero-order valence-electron chi connectivity index (χ0n) is 26.6. The Kier molecular flexibility index (Phi) is 10.5. The highest BCUT2D eigenvalue weighted by Crippen LogP contribution is 2.28. The average Bonchev–Trinajstić information content (AvgIpc) is 3.13. The van der Waals surface area contributed by atoms with Gasteiger partial charge in [-0.3, -0.25) is 14.4 Å². The van der Waals surface area contributed by atoms with Crippen molar-refractivity contribution >= 4 is 57.7 Å². The minimum Gasteiger partial charge on any atom is -0.457 e. The summed E-state index contributed by atoms with van der Waals surface area (Å²) in [6.07, 6.45) is 1.68. The summed E-state index contributed by atoms with van der Waals surface area (Å²) in [5, 5.41) is 10.2. The lowest BCUT2D eigenvalue weighted by molar-refractivity contribution is -0.115. The van der Waals surface area contributed by atoms with Crippen LogP contribution in [0, 0.1) is 0 Å². The molecule has 0 bridgehead atoms. The Balaban J connectivity index is 1.13. The van der Waals surface area contributed by atoms with Gasteiger partial charge in [0.2, 0.25) is 5.91 Å². The number of ether oxygens (including phenoxy) is 1. The van der Waals surface area contributed by atoms with E-state index in [4.69, 9.17) is 4.74 Å². The fourth-order valence-electron chi connectivity index (χ4n) is 5.05. The smallest absolute Gasteiger partial charge is 0.272 e. The molecule has 3 N–H and O–H groups in total. The van der Waals surface area contributed by atoms with Gasteiger partial charge in [0.1, 0.15) is 17.2 Å². The number of carbonyl (C=O) groups is 3. The Bertz CT molecular complexity index is 2110. The van der Waals surface area contributed by atoms with Gasteiger partial charge in [-0.2, -0.15) is 0 Å². The third-order valence-electron chi connectivity index (χ3n) is 7.53. The van der Waals surface area contributed by atoms with Crippen molar-refractivity contribution in [3.8, 4) is 11.5 Å². The second kappa shape index (κ2) is 15.6. The number of rotatable bonds is 11. The van der Waals surface area contributed by atoms with Crippen LogP contribution in [0.1, 0.15) is 22.8 Å². The van der Waals surface area contributed by atoms with E-state index in [0.29, 0.717) is 22.7 Å². The highest BCUT2D eigenvalue weighted by atomic mass is 32.2. The fraction of sp³-hybridized carbons (Fsp3) is 0.0488. The van der Waals surface area contributed by atoms with E-state index >= 15 is 0 Å². The fourth-order valence-corrected chi connectivity index (χ4v) is 5.98. The number of thioether (sulfide) groups is 1. The maximum absolute atomic E-state index is 13.7. The first-order chi connectivity index (χ1) is 23.9. The number of anilines is 2. The molecule has 0 spiro atoms. The number of para-hydroxylation sites is 1.